The minimum Gasteiger partial charge on any atom is -0.542 e. The molecule has 2 aromatic rings. The smallest absolute Gasteiger partial charge is 0.250 e. The number of aromatic nitrogens is 1. The number of rotatable bonds is 8. The molecule has 0 unspecified atom stereocenters. The summed E-state index contributed by atoms with van der Waals surface area (Å²) in [4.78, 5) is 4.68. The van der Waals surface area contributed by atoms with E-state index in [1.54, 1.807) is 12.1 Å². The highest BCUT2D eigenvalue weighted by Crippen LogP contribution is 2.41. The molecule has 200 valence electrons. The monoisotopic (exact) mass is 549 g/mol. The van der Waals surface area contributed by atoms with Gasteiger partial charge < -0.3 is 19.5 Å². The second-order valence-electron chi connectivity index (χ2n) is 12.4. The first-order chi connectivity index (χ1) is 16.3. The van der Waals surface area contributed by atoms with E-state index in [9.17, 15) is 4.39 Å². The van der Waals surface area contributed by atoms with Crippen LogP contribution in [0.15, 0.2) is 30.5 Å². The number of benzene rings is 1. The number of nitrogens with one attached hydrogen (secondary N) is 2. The van der Waals surface area contributed by atoms with Gasteiger partial charge in [-0.3, -0.25) is 4.98 Å². The van der Waals surface area contributed by atoms with Gasteiger partial charge in [-0.1, -0.05) is 41.5 Å². The molecule has 0 atom stereocenters. The van der Waals surface area contributed by atoms with E-state index in [0.717, 1.165) is 28.3 Å². The summed E-state index contributed by atoms with van der Waals surface area (Å²) >= 11 is 5.49. The Morgan fingerprint density at radius 2 is 1.53 bits per heavy atom. The molecule has 36 heavy (non-hydrogen) atoms. The van der Waals surface area contributed by atoms with Gasteiger partial charge in [0, 0.05) is 24.0 Å². The summed E-state index contributed by atoms with van der Waals surface area (Å²) in [6.07, 6.45) is 1.88. The molecule has 0 amide bonds. The number of anilines is 1. The number of halogens is 1. The zero-order chi connectivity index (χ0) is 27.5. The topological polar surface area (TPSA) is 55.4 Å². The maximum Gasteiger partial charge on any atom is 0.250 e. The summed E-state index contributed by atoms with van der Waals surface area (Å²) in [6.45, 7) is 25.4. The van der Waals surface area contributed by atoms with E-state index in [-0.39, 0.29) is 15.9 Å². The van der Waals surface area contributed by atoms with Crippen LogP contribution in [-0.2, 0) is 17.6 Å². The molecule has 0 saturated carbocycles. The molecule has 9 heteroatoms. The van der Waals surface area contributed by atoms with E-state index < -0.39 is 16.6 Å². The van der Waals surface area contributed by atoms with Crippen LogP contribution in [0.5, 0.6) is 5.75 Å². The van der Waals surface area contributed by atoms with Crippen LogP contribution in [0, 0.1) is 12.7 Å². The molecule has 0 spiro atoms. The highest BCUT2D eigenvalue weighted by molar-refractivity contribution is 7.80. The highest BCUT2D eigenvalue weighted by atomic mass is 32.1. The van der Waals surface area contributed by atoms with Gasteiger partial charge in [-0.25, -0.2) is 4.39 Å². The Morgan fingerprint density at radius 1 is 0.972 bits per heavy atom. The van der Waals surface area contributed by atoms with Crippen LogP contribution in [0.3, 0.4) is 0 Å². The summed E-state index contributed by atoms with van der Waals surface area (Å²) in [5.74, 6) is 0.544. The predicted molar refractivity (Wildman–Crippen MR) is 158 cm³/mol. The highest BCUT2D eigenvalue weighted by Gasteiger charge is 2.41. The molecule has 0 bridgehead atoms. The number of pyridine rings is 1. The third-order valence-corrected chi connectivity index (χ3v) is 16.5. The van der Waals surface area contributed by atoms with E-state index >= 15 is 0 Å². The molecule has 1 heterocycles. The van der Waals surface area contributed by atoms with E-state index in [2.05, 4.69) is 83.3 Å². The largest absolute Gasteiger partial charge is 0.542 e. The van der Waals surface area contributed by atoms with Crippen molar-refractivity contribution in [2.45, 2.75) is 97.9 Å². The van der Waals surface area contributed by atoms with E-state index in [4.69, 9.17) is 21.1 Å². The first-order valence-corrected chi connectivity index (χ1v) is 18.7. The lowest BCUT2D eigenvalue weighted by Gasteiger charge is -2.39. The second-order valence-corrected chi connectivity index (χ2v) is 22.3. The lowest BCUT2D eigenvalue weighted by Crippen LogP contribution is -2.44. The van der Waals surface area contributed by atoms with Crippen molar-refractivity contribution in [2.24, 2.45) is 0 Å². The molecule has 0 aliphatic rings. The lowest BCUT2D eigenvalue weighted by molar-refractivity contribution is 0.271. The van der Waals surface area contributed by atoms with Gasteiger partial charge in [-0.05, 0) is 85.2 Å². The minimum absolute atomic E-state index is 0.0475. The van der Waals surface area contributed by atoms with Crippen molar-refractivity contribution >= 4 is 39.7 Å². The quantitative estimate of drug-likeness (QED) is 0.258. The zero-order valence-electron chi connectivity index (χ0n) is 23.9. The average molecular weight is 550 g/mol. The predicted octanol–water partition coefficient (Wildman–Crippen LogP) is 7.92. The zero-order valence-corrected chi connectivity index (χ0v) is 26.7. The fourth-order valence-electron chi connectivity index (χ4n) is 2.88. The summed E-state index contributed by atoms with van der Waals surface area (Å²) in [6, 6.07) is 6.10. The van der Waals surface area contributed by atoms with Gasteiger partial charge in [-0.15, -0.1) is 0 Å². The molecular formula is C27H44FN3O2SSi2. The Hall–Kier alpha value is -1.82. The van der Waals surface area contributed by atoms with Crippen molar-refractivity contribution in [3.8, 4) is 5.75 Å². The molecular weight excluding hydrogens is 506 g/mol. The van der Waals surface area contributed by atoms with Crippen molar-refractivity contribution in [1.82, 2.24) is 10.3 Å². The molecule has 0 saturated heterocycles. The molecule has 0 radical (unpaired) electrons. The third kappa shape index (κ3) is 7.84. The van der Waals surface area contributed by atoms with Crippen LogP contribution in [0.1, 0.15) is 58.4 Å². The Labute approximate surface area is 224 Å². The van der Waals surface area contributed by atoms with Gasteiger partial charge >= 0.3 is 0 Å². The fourth-order valence-corrected chi connectivity index (χ4v) is 5.10. The summed E-state index contributed by atoms with van der Waals surface area (Å²) in [5.41, 5.74) is 3.59. The van der Waals surface area contributed by atoms with Crippen LogP contribution in [0.25, 0.3) is 0 Å². The van der Waals surface area contributed by atoms with Crippen LogP contribution in [0.4, 0.5) is 10.1 Å². The van der Waals surface area contributed by atoms with Crippen LogP contribution in [0.2, 0.25) is 36.3 Å². The number of hydrogen-bond donors (Lipinski definition) is 2. The molecule has 1 aromatic carbocycles. The van der Waals surface area contributed by atoms with Gasteiger partial charge in [0.15, 0.2) is 13.4 Å². The van der Waals surface area contributed by atoms with E-state index in [0.29, 0.717) is 18.3 Å². The standard InChI is InChI=1S/C27H44FN3O2SSi2/c1-19-24(33-36(10,11)27(5,6)7)23(18-32-35(8,9)26(2,3)4)20(16-29-19)17-30-25(34)31-22-14-12-21(28)13-15-22/h12-16H,17-18H2,1-11H3,(H2,30,31,34). The number of nitrogens with zero attached hydrogens (tertiary/aromatic N) is 1. The van der Waals surface area contributed by atoms with Gasteiger partial charge in [0.05, 0.1) is 12.3 Å². The van der Waals surface area contributed by atoms with E-state index in [1.165, 1.54) is 12.1 Å². The van der Waals surface area contributed by atoms with Crippen molar-refractivity contribution in [3.63, 3.8) is 0 Å². The number of aryl methyl sites for hydroxylation is 1. The molecule has 0 fully saturated rings. The van der Waals surface area contributed by atoms with Crippen molar-refractivity contribution in [2.75, 3.05) is 5.32 Å². The summed E-state index contributed by atoms with van der Waals surface area (Å²) < 4.78 is 26.7. The second kappa shape index (κ2) is 11.3. The van der Waals surface area contributed by atoms with Gasteiger partial charge in [0.1, 0.15) is 11.6 Å². The normalized spacial score (nSPS) is 12.9. The third-order valence-electron chi connectivity index (χ3n) is 7.49. The number of hydrogen-bond acceptors (Lipinski definition) is 4. The van der Waals surface area contributed by atoms with Crippen LogP contribution >= 0.6 is 12.2 Å². The molecule has 2 rings (SSSR count). The van der Waals surface area contributed by atoms with Crippen LogP contribution < -0.4 is 15.1 Å². The first kappa shape index (κ1) is 30.4. The summed E-state index contributed by atoms with van der Waals surface area (Å²) in [5, 5.41) is 6.96. The van der Waals surface area contributed by atoms with Crippen molar-refractivity contribution < 1.29 is 13.2 Å². The summed E-state index contributed by atoms with van der Waals surface area (Å²) in [7, 11) is -4.12. The molecule has 2 N–H and O–H groups in total. The molecule has 0 aliphatic carbocycles. The minimum atomic E-state index is -2.12. The lowest BCUT2D eigenvalue weighted by atomic mass is 10.1. The average Bonchev–Trinajstić information content (AvgIpc) is 2.73. The van der Waals surface area contributed by atoms with Gasteiger partial charge in [-0.2, -0.15) is 0 Å². The maximum atomic E-state index is 13.2. The Balaban J connectivity index is 2.37. The maximum absolute atomic E-state index is 13.2. The first-order valence-electron chi connectivity index (χ1n) is 12.4. The van der Waals surface area contributed by atoms with Crippen LogP contribution in [-0.4, -0.2) is 26.7 Å². The van der Waals surface area contributed by atoms with Gasteiger partial charge in [0.25, 0.3) is 8.32 Å². The van der Waals surface area contributed by atoms with Crippen molar-refractivity contribution in [3.05, 3.63) is 53.1 Å². The Morgan fingerprint density at radius 3 is 2.06 bits per heavy atom. The van der Waals surface area contributed by atoms with E-state index in [1.807, 2.05) is 13.1 Å². The molecule has 1 aromatic heterocycles. The Bertz CT molecular complexity index is 1060. The SMILES string of the molecule is Cc1ncc(CNC(=S)Nc2ccc(F)cc2)c(CO[Si](C)(C)C(C)(C)C)c1O[Si](C)(C)C(C)(C)C. The molecule has 5 nitrogen and oxygen atoms in total. The van der Waals surface area contributed by atoms with Gasteiger partial charge in [0.2, 0.25) is 0 Å². The molecule has 0 aliphatic heterocycles. The van der Waals surface area contributed by atoms with Crippen molar-refractivity contribution in [1.29, 1.82) is 0 Å². The Kier molecular flexibility index (Phi) is 9.53. The fraction of sp³-hybridized carbons (Fsp3) is 0.556. The number of thiocarbonyl (C=S) groups is 1.